The highest BCUT2D eigenvalue weighted by Gasteiger charge is 2.30. The van der Waals surface area contributed by atoms with E-state index in [0.29, 0.717) is 18.6 Å². The summed E-state index contributed by atoms with van der Waals surface area (Å²) in [6, 6.07) is 9.05. The molecular formula is C15H22BrNO2. The first-order chi connectivity index (χ1) is 9.20. The lowest BCUT2D eigenvalue weighted by Gasteiger charge is -2.37. The average molecular weight is 328 g/mol. The number of hydrogen-bond acceptors (Lipinski definition) is 3. The molecule has 3 nitrogen and oxygen atoms in total. The predicted octanol–water partition coefficient (Wildman–Crippen LogP) is 2.68. The fourth-order valence-corrected chi connectivity index (χ4v) is 3.18. The third-order valence-electron chi connectivity index (χ3n) is 3.75. The highest BCUT2D eigenvalue weighted by atomic mass is 79.9. The number of aliphatic hydroxyl groups excluding tert-OH is 1. The van der Waals surface area contributed by atoms with E-state index in [4.69, 9.17) is 4.74 Å². The largest absolute Gasteiger partial charge is 0.391 e. The van der Waals surface area contributed by atoms with Crippen molar-refractivity contribution in [2.75, 3.05) is 20.3 Å². The smallest absolute Gasteiger partial charge is 0.0785 e. The van der Waals surface area contributed by atoms with Gasteiger partial charge in [0.1, 0.15) is 0 Å². The summed E-state index contributed by atoms with van der Waals surface area (Å²) < 4.78 is 6.12. The number of halogens is 1. The summed E-state index contributed by atoms with van der Waals surface area (Å²) >= 11 is 3.61. The Morgan fingerprint density at radius 3 is 2.84 bits per heavy atom. The molecule has 1 aliphatic carbocycles. The van der Waals surface area contributed by atoms with E-state index in [2.05, 4.69) is 45.5 Å². The van der Waals surface area contributed by atoms with Gasteiger partial charge in [0.2, 0.25) is 0 Å². The van der Waals surface area contributed by atoms with E-state index >= 15 is 0 Å². The maximum Gasteiger partial charge on any atom is 0.0785 e. The van der Waals surface area contributed by atoms with Gasteiger partial charge in [-0.25, -0.2) is 0 Å². The van der Waals surface area contributed by atoms with Crippen LogP contribution in [0.3, 0.4) is 0 Å². The third kappa shape index (κ3) is 4.28. The van der Waals surface area contributed by atoms with E-state index in [0.717, 1.165) is 13.0 Å². The lowest BCUT2D eigenvalue weighted by atomic mass is 9.76. The molecule has 0 aromatic heterocycles. The van der Waals surface area contributed by atoms with Crippen molar-refractivity contribution < 1.29 is 9.84 Å². The molecule has 2 rings (SSSR count). The first kappa shape index (κ1) is 15.0. The van der Waals surface area contributed by atoms with E-state index in [1.165, 1.54) is 22.9 Å². The first-order valence-corrected chi connectivity index (χ1v) is 7.64. The minimum Gasteiger partial charge on any atom is -0.391 e. The van der Waals surface area contributed by atoms with Gasteiger partial charge in [-0.05, 0) is 43.4 Å². The molecule has 1 atom stereocenters. The summed E-state index contributed by atoms with van der Waals surface area (Å²) in [6.07, 6.45) is 2.77. The second-order valence-electron chi connectivity index (χ2n) is 5.24. The summed E-state index contributed by atoms with van der Waals surface area (Å²) in [5.41, 5.74) is 1.42. The number of hydrogen-bond donors (Lipinski definition) is 2. The van der Waals surface area contributed by atoms with Gasteiger partial charge >= 0.3 is 0 Å². The summed E-state index contributed by atoms with van der Waals surface area (Å²) in [4.78, 5) is 0. The Bertz CT molecular complexity index is 393. The minimum absolute atomic E-state index is 0.350. The molecule has 0 amide bonds. The zero-order valence-electron chi connectivity index (χ0n) is 11.3. The predicted molar refractivity (Wildman–Crippen MR) is 80.4 cm³/mol. The fraction of sp³-hybridized carbons (Fsp3) is 0.600. The molecule has 0 aliphatic heterocycles. The Morgan fingerprint density at radius 2 is 2.16 bits per heavy atom. The van der Waals surface area contributed by atoms with Gasteiger partial charge in [0.05, 0.1) is 12.7 Å². The number of nitrogens with one attached hydrogen (secondary N) is 1. The molecule has 0 spiro atoms. The van der Waals surface area contributed by atoms with Gasteiger partial charge in [-0.15, -0.1) is 0 Å². The van der Waals surface area contributed by atoms with Crippen LogP contribution in [0.1, 0.15) is 30.7 Å². The molecule has 1 unspecified atom stereocenters. The Labute approximate surface area is 123 Å². The topological polar surface area (TPSA) is 41.5 Å². The zero-order chi connectivity index (χ0) is 13.7. The van der Waals surface area contributed by atoms with Crippen LogP contribution in [0.4, 0.5) is 0 Å². The summed E-state index contributed by atoms with van der Waals surface area (Å²) in [6.45, 7) is 1.28. The van der Waals surface area contributed by atoms with E-state index in [-0.39, 0.29) is 6.10 Å². The monoisotopic (exact) mass is 327 g/mol. The molecule has 4 heteroatoms. The number of ether oxygens (including phenoxy) is 1. The van der Waals surface area contributed by atoms with Crippen molar-refractivity contribution in [3.8, 4) is 0 Å². The standard InChI is InChI=1S/C15H22BrNO2/c1-19-10-13(18)6-7-17-12-8-11(9-12)14-4-2-3-5-15(14)16/h2-5,11-13,17-18H,6-10H2,1H3. The SMILES string of the molecule is COCC(O)CCNC1CC(c2ccccc2Br)C1. The first-order valence-electron chi connectivity index (χ1n) is 6.85. The summed E-state index contributed by atoms with van der Waals surface area (Å²) in [5, 5.41) is 13.0. The van der Waals surface area contributed by atoms with Crippen molar-refractivity contribution in [3.63, 3.8) is 0 Å². The van der Waals surface area contributed by atoms with Crippen molar-refractivity contribution in [2.45, 2.75) is 37.3 Å². The van der Waals surface area contributed by atoms with E-state index in [1.54, 1.807) is 7.11 Å². The molecule has 0 heterocycles. The Balaban J connectivity index is 1.65. The lowest BCUT2D eigenvalue weighted by Crippen LogP contribution is -2.41. The van der Waals surface area contributed by atoms with Crippen LogP contribution >= 0.6 is 15.9 Å². The highest BCUT2D eigenvalue weighted by molar-refractivity contribution is 9.10. The van der Waals surface area contributed by atoms with Gasteiger partial charge in [-0.2, -0.15) is 0 Å². The molecule has 1 saturated carbocycles. The van der Waals surface area contributed by atoms with Gasteiger partial charge in [0.15, 0.2) is 0 Å². The van der Waals surface area contributed by atoms with E-state index in [9.17, 15) is 5.11 Å². The molecule has 106 valence electrons. The highest BCUT2D eigenvalue weighted by Crippen LogP contribution is 2.39. The quantitative estimate of drug-likeness (QED) is 0.809. The van der Waals surface area contributed by atoms with Gasteiger partial charge in [0, 0.05) is 17.6 Å². The van der Waals surface area contributed by atoms with E-state index < -0.39 is 0 Å². The minimum atomic E-state index is -0.350. The Kier molecular flexibility index (Phi) is 5.82. The molecule has 0 radical (unpaired) electrons. The van der Waals surface area contributed by atoms with Gasteiger partial charge < -0.3 is 15.2 Å². The van der Waals surface area contributed by atoms with Gasteiger partial charge in [-0.1, -0.05) is 34.1 Å². The van der Waals surface area contributed by atoms with Crippen LogP contribution in [0.5, 0.6) is 0 Å². The maximum absolute atomic E-state index is 9.55. The van der Waals surface area contributed by atoms with Crippen LogP contribution in [-0.4, -0.2) is 37.5 Å². The van der Waals surface area contributed by atoms with Gasteiger partial charge in [0.25, 0.3) is 0 Å². The molecule has 1 aromatic carbocycles. The summed E-state index contributed by atoms with van der Waals surface area (Å²) in [5.74, 6) is 0.664. The van der Waals surface area contributed by atoms with Crippen LogP contribution in [-0.2, 0) is 4.74 Å². The number of aliphatic hydroxyl groups is 1. The molecule has 1 fully saturated rings. The second kappa shape index (κ2) is 7.39. The average Bonchev–Trinajstić information content (AvgIpc) is 2.34. The number of benzene rings is 1. The molecule has 19 heavy (non-hydrogen) atoms. The summed E-state index contributed by atoms with van der Waals surface area (Å²) in [7, 11) is 1.62. The molecule has 0 saturated heterocycles. The molecule has 0 bridgehead atoms. The maximum atomic E-state index is 9.55. The van der Waals surface area contributed by atoms with E-state index in [1.807, 2.05) is 0 Å². The van der Waals surface area contributed by atoms with Crippen molar-refractivity contribution >= 4 is 15.9 Å². The van der Waals surface area contributed by atoms with Crippen LogP contribution < -0.4 is 5.32 Å². The molecule has 1 aliphatic rings. The van der Waals surface area contributed by atoms with Crippen LogP contribution in [0.15, 0.2) is 28.7 Å². The van der Waals surface area contributed by atoms with Crippen molar-refractivity contribution in [1.82, 2.24) is 5.32 Å². The Hall–Kier alpha value is -0.420. The number of methoxy groups -OCH3 is 1. The van der Waals surface area contributed by atoms with Crippen LogP contribution in [0, 0.1) is 0 Å². The van der Waals surface area contributed by atoms with Crippen LogP contribution in [0.25, 0.3) is 0 Å². The van der Waals surface area contributed by atoms with Crippen LogP contribution in [0.2, 0.25) is 0 Å². The van der Waals surface area contributed by atoms with Crippen molar-refractivity contribution in [3.05, 3.63) is 34.3 Å². The van der Waals surface area contributed by atoms with Gasteiger partial charge in [-0.3, -0.25) is 0 Å². The zero-order valence-corrected chi connectivity index (χ0v) is 12.9. The lowest BCUT2D eigenvalue weighted by molar-refractivity contribution is 0.0582. The number of rotatable bonds is 7. The molecule has 2 N–H and O–H groups in total. The van der Waals surface area contributed by atoms with Crippen molar-refractivity contribution in [1.29, 1.82) is 0 Å². The molecule has 1 aromatic rings. The Morgan fingerprint density at radius 1 is 1.42 bits per heavy atom. The molecular weight excluding hydrogens is 306 g/mol. The normalized spacial score (nSPS) is 23.9. The van der Waals surface area contributed by atoms with Crippen molar-refractivity contribution in [2.24, 2.45) is 0 Å². The third-order valence-corrected chi connectivity index (χ3v) is 4.47. The fourth-order valence-electron chi connectivity index (χ4n) is 2.57. The second-order valence-corrected chi connectivity index (χ2v) is 6.09.